The van der Waals surface area contributed by atoms with E-state index in [4.69, 9.17) is 9.47 Å². The number of hydrogen-bond acceptors (Lipinski definition) is 6. The maximum atomic E-state index is 12.3. The maximum absolute atomic E-state index is 12.3. The molecule has 1 aliphatic rings. The molecule has 0 radical (unpaired) electrons. The smallest absolute Gasteiger partial charge is 0.343 e. The Labute approximate surface area is 183 Å². The van der Waals surface area contributed by atoms with Crippen LogP contribution in [0.5, 0.6) is 11.5 Å². The molecule has 1 N–H and O–H groups in total. The molecule has 0 aromatic heterocycles. The van der Waals surface area contributed by atoms with Gasteiger partial charge in [-0.05, 0) is 59.8 Å². The van der Waals surface area contributed by atoms with Crippen molar-refractivity contribution < 1.29 is 19.1 Å². The van der Waals surface area contributed by atoms with Gasteiger partial charge in [0.2, 0.25) is 0 Å². The number of para-hydroxylation sites is 1. The van der Waals surface area contributed by atoms with E-state index >= 15 is 0 Å². The third kappa shape index (κ3) is 5.02. The number of benzene rings is 3. The largest absolute Gasteiger partial charge is 0.493 e. The normalized spacial score (nSPS) is 15.7. The van der Waals surface area contributed by atoms with Crippen LogP contribution in [0.4, 0.5) is 5.69 Å². The molecular formula is C24H18N2O4S. The lowest BCUT2D eigenvalue weighted by molar-refractivity contribution is -0.115. The van der Waals surface area contributed by atoms with Crippen LogP contribution in [0.3, 0.4) is 0 Å². The molecule has 1 fully saturated rings. The number of hydrogen-bond donors (Lipinski definition) is 1. The van der Waals surface area contributed by atoms with Crippen molar-refractivity contribution in [2.24, 2.45) is 4.99 Å². The van der Waals surface area contributed by atoms with E-state index in [1.807, 2.05) is 36.4 Å². The first kappa shape index (κ1) is 20.4. The van der Waals surface area contributed by atoms with Crippen molar-refractivity contribution in [3.05, 3.63) is 94.9 Å². The summed E-state index contributed by atoms with van der Waals surface area (Å²) >= 11 is 1.26. The van der Waals surface area contributed by atoms with E-state index in [0.717, 1.165) is 11.3 Å². The Morgan fingerprint density at radius 2 is 1.68 bits per heavy atom. The summed E-state index contributed by atoms with van der Waals surface area (Å²) in [5.41, 5.74) is 1.94. The fourth-order valence-electron chi connectivity index (χ4n) is 2.84. The number of ether oxygens (including phenoxy) is 2. The lowest BCUT2D eigenvalue weighted by atomic mass is 10.2. The lowest BCUT2D eigenvalue weighted by Crippen LogP contribution is -2.19. The van der Waals surface area contributed by atoms with Crippen LogP contribution >= 0.6 is 11.8 Å². The molecule has 154 valence electrons. The number of esters is 1. The third-order valence-corrected chi connectivity index (χ3v) is 5.25. The van der Waals surface area contributed by atoms with Crippen LogP contribution in [-0.4, -0.2) is 24.2 Å². The second-order valence-electron chi connectivity index (χ2n) is 6.48. The number of nitrogens with one attached hydrogen (secondary N) is 1. The van der Waals surface area contributed by atoms with Gasteiger partial charge in [0, 0.05) is 0 Å². The number of rotatable bonds is 5. The zero-order valence-electron chi connectivity index (χ0n) is 16.6. The summed E-state index contributed by atoms with van der Waals surface area (Å²) in [5.74, 6) is -0.00991. The number of nitrogens with zero attached hydrogens (tertiary/aromatic N) is 1. The van der Waals surface area contributed by atoms with Gasteiger partial charge in [0.15, 0.2) is 16.7 Å². The Balaban J connectivity index is 1.52. The number of methoxy groups -OCH3 is 1. The SMILES string of the molecule is COc1cc(/C=C2\SC(=Nc3ccccc3)NC2=O)ccc1OC(=O)c1ccccc1. The molecule has 0 aliphatic carbocycles. The topological polar surface area (TPSA) is 77.0 Å². The van der Waals surface area contributed by atoms with Crippen molar-refractivity contribution in [2.75, 3.05) is 7.11 Å². The Kier molecular flexibility index (Phi) is 6.14. The predicted octanol–water partition coefficient (Wildman–Crippen LogP) is 4.81. The molecule has 0 unspecified atom stereocenters. The van der Waals surface area contributed by atoms with Crippen molar-refractivity contribution in [1.82, 2.24) is 5.32 Å². The molecule has 1 heterocycles. The van der Waals surface area contributed by atoms with Gasteiger partial charge in [0.1, 0.15) is 0 Å². The number of aliphatic imine (C=N–C) groups is 1. The predicted molar refractivity (Wildman–Crippen MR) is 122 cm³/mol. The van der Waals surface area contributed by atoms with Crippen LogP contribution in [0.1, 0.15) is 15.9 Å². The van der Waals surface area contributed by atoms with Crippen LogP contribution in [0.2, 0.25) is 0 Å². The molecule has 4 rings (SSSR count). The molecule has 0 saturated carbocycles. The fraction of sp³-hybridized carbons (Fsp3) is 0.0417. The Morgan fingerprint density at radius 3 is 2.39 bits per heavy atom. The highest BCUT2D eigenvalue weighted by molar-refractivity contribution is 8.18. The van der Waals surface area contributed by atoms with Gasteiger partial charge in [-0.3, -0.25) is 4.79 Å². The second kappa shape index (κ2) is 9.32. The van der Waals surface area contributed by atoms with Crippen LogP contribution < -0.4 is 14.8 Å². The fourth-order valence-corrected chi connectivity index (χ4v) is 3.68. The van der Waals surface area contributed by atoms with Gasteiger partial charge < -0.3 is 14.8 Å². The lowest BCUT2D eigenvalue weighted by Gasteiger charge is -2.10. The highest BCUT2D eigenvalue weighted by Crippen LogP contribution is 2.32. The average Bonchev–Trinajstić information content (AvgIpc) is 3.14. The number of amidine groups is 1. The minimum absolute atomic E-state index is 0.224. The van der Waals surface area contributed by atoms with E-state index in [2.05, 4.69) is 10.3 Å². The van der Waals surface area contributed by atoms with Crippen molar-refractivity contribution in [2.45, 2.75) is 0 Å². The minimum atomic E-state index is -0.475. The number of thioether (sulfide) groups is 1. The summed E-state index contributed by atoms with van der Waals surface area (Å²) in [6.07, 6.45) is 1.73. The molecule has 3 aromatic carbocycles. The van der Waals surface area contributed by atoms with Gasteiger partial charge in [-0.15, -0.1) is 0 Å². The summed E-state index contributed by atoms with van der Waals surface area (Å²) < 4.78 is 10.8. The summed E-state index contributed by atoms with van der Waals surface area (Å²) in [4.78, 5) is 29.6. The zero-order chi connectivity index (χ0) is 21.6. The zero-order valence-corrected chi connectivity index (χ0v) is 17.4. The number of carbonyl (C=O) groups is 2. The summed E-state index contributed by atoms with van der Waals surface area (Å²) in [5, 5.41) is 3.28. The van der Waals surface area contributed by atoms with Crippen LogP contribution in [0, 0.1) is 0 Å². The van der Waals surface area contributed by atoms with Gasteiger partial charge in [-0.25, -0.2) is 9.79 Å². The van der Waals surface area contributed by atoms with Gasteiger partial charge in [-0.2, -0.15) is 0 Å². The first-order chi connectivity index (χ1) is 15.1. The van der Waals surface area contributed by atoms with Gasteiger partial charge in [-0.1, -0.05) is 42.5 Å². The first-order valence-corrected chi connectivity index (χ1v) is 10.2. The number of carbonyl (C=O) groups excluding carboxylic acids is 2. The molecule has 0 atom stereocenters. The monoisotopic (exact) mass is 430 g/mol. The summed E-state index contributed by atoms with van der Waals surface area (Å²) in [7, 11) is 1.49. The molecule has 1 amide bonds. The summed E-state index contributed by atoms with van der Waals surface area (Å²) in [6, 6.07) is 23.2. The molecule has 31 heavy (non-hydrogen) atoms. The Morgan fingerprint density at radius 1 is 0.968 bits per heavy atom. The van der Waals surface area contributed by atoms with E-state index in [9.17, 15) is 9.59 Å². The average molecular weight is 430 g/mol. The minimum Gasteiger partial charge on any atom is -0.493 e. The molecule has 1 aliphatic heterocycles. The van der Waals surface area contributed by atoms with E-state index in [1.165, 1.54) is 18.9 Å². The van der Waals surface area contributed by atoms with Gasteiger partial charge >= 0.3 is 5.97 Å². The van der Waals surface area contributed by atoms with Crippen LogP contribution in [0.15, 0.2) is 88.8 Å². The Hall–Kier alpha value is -3.84. The Bertz CT molecular complexity index is 1170. The van der Waals surface area contributed by atoms with E-state index in [1.54, 1.807) is 48.5 Å². The van der Waals surface area contributed by atoms with E-state index in [0.29, 0.717) is 27.1 Å². The second-order valence-corrected chi connectivity index (χ2v) is 7.51. The first-order valence-electron chi connectivity index (χ1n) is 9.42. The molecule has 0 bridgehead atoms. The molecule has 7 heteroatoms. The molecule has 3 aromatic rings. The molecule has 6 nitrogen and oxygen atoms in total. The van der Waals surface area contributed by atoms with E-state index in [-0.39, 0.29) is 5.91 Å². The van der Waals surface area contributed by atoms with Crippen molar-refractivity contribution in [3.8, 4) is 11.5 Å². The molecular weight excluding hydrogens is 412 g/mol. The van der Waals surface area contributed by atoms with E-state index < -0.39 is 5.97 Å². The van der Waals surface area contributed by atoms with Crippen molar-refractivity contribution in [3.63, 3.8) is 0 Å². The van der Waals surface area contributed by atoms with Gasteiger partial charge in [0.05, 0.1) is 23.3 Å². The standard InChI is InChI=1S/C24H18N2O4S/c1-29-20-14-16(12-13-19(20)30-23(28)17-8-4-2-5-9-17)15-21-22(27)26-24(31-21)25-18-10-6-3-7-11-18/h2-15H,1H3,(H,25,26,27)/b21-15-. The van der Waals surface area contributed by atoms with Crippen LogP contribution in [0.25, 0.3) is 6.08 Å². The van der Waals surface area contributed by atoms with Crippen molar-refractivity contribution in [1.29, 1.82) is 0 Å². The molecule has 1 saturated heterocycles. The highest BCUT2D eigenvalue weighted by Gasteiger charge is 2.24. The van der Waals surface area contributed by atoms with Crippen molar-refractivity contribution >= 4 is 40.6 Å². The van der Waals surface area contributed by atoms with Gasteiger partial charge in [0.25, 0.3) is 5.91 Å². The number of amides is 1. The summed E-state index contributed by atoms with van der Waals surface area (Å²) in [6.45, 7) is 0. The molecule has 0 spiro atoms. The van der Waals surface area contributed by atoms with Crippen LogP contribution in [-0.2, 0) is 4.79 Å². The maximum Gasteiger partial charge on any atom is 0.343 e. The quantitative estimate of drug-likeness (QED) is 0.357. The third-order valence-electron chi connectivity index (χ3n) is 4.34. The highest BCUT2D eigenvalue weighted by atomic mass is 32.2.